The van der Waals surface area contributed by atoms with Gasteiger partial charge in [-0.15, -0.1) is 0 Å². The molecule has 2 aliphatic rings. The van der Waals surface area contributed by atoms with Crippen molar-refractivity contribution in [1.29, 1.82) is 0 Å². The van der Waals surface area contributed by atoms with E-state index in [1.807, 2.05) is 9.80 Å². The fraction of sp³-hybridized carbons (Fsp3) is 0.870. The van der Waals surface area contributed by atoms with Crippen LogP contribution in [-0.4, -0.2) is 72.2 Å². The quantitative estimate of drug-likeness (QED) is 0.0594. The van der Waals surface area contributed by atoms with E-state index in [1.54, 1.807) is 0 Å². The number of carbonyl (C=O) groups is 2. The molecule has 2 aliphatic heterocycles. The maximum absolute atomic E-state index is 12.3. The summed E-state index contributed by atoms with van der Waals surface area (Å²) in [5, 5.41) is 0. The van der Waals surface area contributed by atoms with E-state index in [9.17, 15) is 9.59 Å². The predicted octanol–water partition coefficient (Wildman–Crippen LogP) is 12.5. The Morgan fingerprint density at radius 2 is 0.673 bits per heavy atom. The first-order valence-corrected chi connectivity index (χ1v) is 22.4. The third-order valence-corrected chi connectivity index (χ3v) is 10.3. The molecule has 4 atom stereocenters. The monoisotopic (exact) mass is 731 g/mol. The number of carbonyl (C=O) groups excluding carboxylic acids is 2. The first-order chi connectivity index (χ1) is 25.3. The van der Waals surface area contributed by atoms with Crippen LogP contribution in [0.1, 0.15) is 208 Å². The van der Waals surface area contributed by atoms with E-state index in [0.29, 0.717) is 24.7 Å². The summed E-state index contributed by atoms with van der Waals surface area (Å²) in [4.78, 5) is 28.5. The van der Waals surface area contributed by atoms with Gasteiger partial charge >= 0.3 is 0 Å². The molecule has 4 unspecified atom stereocenters. The molecule has 0 aromatic carbocycles. The van der Waals surface area contributed by atoms with Gasteiger partial charge in [0.15, 0.2) is 0 Å². The van der Waals surface area contributed by atoms with Crippen LogP contribution >= 0.6 is 0 Å². The fourth-order valence-electron chi connectivity index (χ4n) is 7.42. The highest BCUT2D eigenvalue weighted by atomic mass is 16.5. The minimum Gasteiger partial charge on any atom is -0.372 e. The van der Waals surface area contributed by atoms with Gasteiger partial charge in [-0.1, -0.05) is 128 Å². The third-order valence-electron chi connectivity index (χ3n) is 10.3. The van der Waals surface area contributed by atoms with Crippen molar-refractivity contribution in [2.24, 2.45) is 0 Å². The van der Waals surface area contributed by atoms with Crippen LogP contribution in [0.4, 0.5) is 0 Å². The first kappa shape index (κ1) is 48.4. The molecule has 304 valence electrons. The second kappa shape index (κ2) is 33.9. The standard InChI is InChI=1S/C24H45NO2.C22H41NO2/c1-4-5-6-7-8-9-10-11-12-13-14-15-16-17-18-19-24(26)25-20-22(2)27-23(3)21-25;1-4-5-6-7-8-9-10-11-12-13-14-15-16-17-22(24)23-18-20(2)25-21(3)19-23/h10-11,22-23H,4-9,12-21H2,1-3H3;8-9,20-21H,4-7,10-19H2,1-3H3. The number of morpholine rings is 2. The lowest BCUT2D eigenvalue weighted by Gasteiger charge is -2.35. The third kappa shape index (κ3) is 27.9. The zero-order valence-corrected chi connectivity index (χ0v) is 35.4. The van der Waals surface area contributed by atoms with E-state index in [0.717, 1.165) is 39.0 Å². The summed E-state index contributed by atoms with van der Waals surface area (Å²) < 4.78 is 11.4. The minimum absolute atomic E-state index is 0.174. The molecule has 6 heteroatoms. The molecule has 6 nitrogen and oxygen atoms in total. The summed E-state index contributed by atoms with van der Waals surface area (Å²) >= 11 is 0. The van der Waals surface area contributed by atoms with Crippen LogP contribution in [-0.2, 0) is 19.1 Å². The predicted molar refractivity (Wildman–Crippen MR) is 223 cm³/mol. The van der Waals surface area contributed by atoms with Crippen LogP contribution in [0.15, 0.2) is 24.3 Å². The van der Waals surface area contributed by atoms with Gasteiger partial charge in [-0.3, -0.25) is 9.59 Å². The summed E-state index contributed by atoms with van der Waals surface area (Å²) in [6.45, 7) is 15.8. The van der Waals surface area contributed by atoms with Crippen LogP contribution < -0.4 is 0 Å². The summed E-state index contributed by atoms with van der Waals surface area (Å²) in [7, 11) is 0. The lowest BCUT2D eigenvalue weighted by molar-refractivity contribution is -0.143. The smallest absolute Gasteiger partial charge is 0.222 e. The Bertz CT molecular complexity index is 885. The summed E-state index contributed by atoms with van der Waals surface area (Å²) in [5.74, 6) is 0.632. The van der Waals surface area contributed by atoms with Crippen molar-refractivity contribution in [3.8, 4) is 0 Å². The van der Waals surface area contributed by atoms with E-state index >= 15 is 0 Å². The molecule has 2 saturated heterocycles. The van der Waals surface area contributed by atoms with Gasteiger partial charge in [0.05, 0.1) is 24.4 Å². The van der Waals surface area contributed by atoms with Crippen LogP contribution in [0, 0.1) is 0 Å². The van der Waals surface area contributed by atoms with Crippen molar-refractivity contribution in [2.45, 2.75) is 233 Å². The highest BCUT2D eigenvalue weighted by Crippen LogP contribution is 2.16. The number of amides is 2. The molecule has 52 heavy (non-hydrogen) atoms. The molecular weight excluding hydrogens is 645 g/mol. The molecule has 0 bridgehead atoms. The Kier molecular flexibility index (Phi) is 31.5. The molecule has 0 saturated carbocycles. The normalized spacial score (nSPS) is 20.8. The van der Waals surface area contributed by atoms with Crippen molar-refractivity contribution >= 4 is 11.8 Å². The molecule has 0 spiro atoms. The van der Waals surface area contributed by atoms with Crippen molar-refractivity contribution < 1.29 is 19.1 Å². The van der Waals surface area contributed by atoms with E-state index in [2.05, 4.69) is 65.8 Å². The zero-order valence-electron chi connectivity index (χ0n) is 35.4. The number of unbranched alkanes of at least 4 members (excludes halogenated alkanes) is 20. The van der Waals surface area contributed by atoms with Gasteiger partial charge < -0.3 is 19.3 Å². The van der Waals surface area contributed by atoms with Crippen molar-refractivity contribution in [1.82, 2.24) is 9.80 Å². The van der Waals surface area contributed by atoms with E-state index in [4.69, 9.17) is 9.47 Å². The highest BCUT2D eigenvalue weighted by molar-refractivity contribution is 5.76. The molecule has 0 radical (unpaired) electrons. The van der Waals surface area contributed by atoms with Crippen molar-refractivity contribution in [2.75, 3.05) is 26.2 Å². The number of nitrogens with zero attached hydrogens (tertiary/aromatic N) is 2. The maximum Gasteiger partial charge on any atom is 0.222 e. The summed E-state index contributed by atoms with van der Waals surface area (Å²) in [6, 6.07) is 0. The van der Waals surface area contributed by atoms with Gasteiger partial charge in [0.1, 0.15) is 0 Å². The highest BCUT2D eigenvalue weighted by Gasteiger charge is 2.26. The molecule has 2 rings (SSSR count). The first-order valence-electron chi connectivity index (χ1n) is 22.4. The van der Waals surface area contributed by atoms with Gasteiger partial charge in [0.25, 0.3) is 0 Å². The summed E-state index contributed by atoms with van der Waals surface area (Å²) in [5.41, 5.74) is 0. The average Bonchev–Trinajstić information content (AvgIpc) is 3.11. The topological polar surface area (TPSA) is 59.1 Å². The van der Waals surface area contributed by atoms with E-state index in [-0.39, 0.29) is 24.4 Å². The van der Waals surface area contributed by atoms with Crippen molar-refractivity contribution in [3.63, 3.8) is 0 Å². The molecule has 0 N–H and O–H groups in total. The SMILES string of the molecule is CCCCCC=CCCCCCCCCC(=O)N1CC(C)OC(C)C1.CCCCCCCC=CCCCCCCCCC(=O)N1CC(C)OC(C)C1. The van der Waals surface area contributed by atoms with Gasteiger partial charge in [-0.05, 0) is 91.9 Å². The average molecular weight is 731 g/mol. The van der Waals surface area contributed by atoms with E-state index in [1.165, 1.54) is 141 Å². The van der Waals surface area contributed by atoms with Gasteiger partial charge in [0.2, 0.25) is 11.8 Å². The second-order valence-corrected chi connectivity index (χ2v) is 16.1. The molecular formula is C46H86N2O4. The van der Waals surface area contributed by atoms with Crippen molar-refractivity contribution in [3.05, 3.63) is 24.3 Å². The van der Waals surface area contributed by atoms with Crippen LogP contribution in [0.25, 0.3) is 0 Å². The summed E-state index contributed by atoms with van der Waals surface area (Å²) in [6.07, 6.45) is 42.3. The Balaban J connectivity index is 0.000000522. The number of hydrogen-bond acceptors (Lipinski definition) is 4. The molecule has 0 aromatic heterocycles. The van der Waals surface area contributed by atoms with Crippen LogP contribution in [0.5, 0.6) is 0 Å². The second-order valence-electron chi connectivity index (χ2n) is 16.1. The fourth-order valence-corrected chi connectivity index (χ4v) is 7.42. The maximum atomic E-state index is 12.3. The van der Waals surface area contributed by atoms with Gasteiger partial charge in [-0.25, -0.2) is 0 Å². The van der Waals surface area contributed by atoms with Crippen LogP contribution in [0.3, 0.4) is 0 Å². The number of ether oxygens (including phenoxy) is 2. The minimum atomic E-state index is 0.174. The Labute approximate surface area is 323 Å². The Hall–Kier alpha value is -1.66. The lowest BCUT2D eigenvalue weighted by Crippen LogP contribution is -2.48. The molecule has 2 heterocycles. The van der Waals surface area contributed by atoms with Gasteiger partial charge in [-0.2, -0.15) is 0 Å². The zero-order chi connectivity index (χ0) is 38.1. The Morgan fingerprint density at radius 3 is 1.00 bits per heavy atom. The Morgan fingerprint density at radius 1 is 0.423 bits per heavy atom. The van der Waals surface area contributed by atoms with Crippen LogP contribution in [0.2, 0.25) is 0 Å². The molecule has 2 fully saturated rings. The molecule has 0 aromatic rings. The lowest BCUT2D eigenvalue weighted by atomic mass is 10.1. The molecule has 0 aliphatic carbocycles. The van der Waals surface area contributed by atoms with E-state index < -0.39 is 0 Å². The number of hydrogen-bond donors (Lipinski definition) is 0. The largest absolute Gasteiger partial charge is 0.372 e. The molecule has 2 amide bonds. The van der Waals surface area contributed by atoms with Gasteiger partial charge in [0, 0.05) is 39.0 Å². The number of allylic oxidation sites excluding steroid dienone is 4. The number of rotatable bonds is 28.